The van der Waals surface area contributed by atoms with E-state index in [4.69, 9.17) is 5.11 Å². The fraction of sp³-hybridized carbons (Fsp3) is 0.364. The molecule has 0 fully saturated rings. The van der Waals surface area contributed by atoms with Gasteiger partial charge in [0.25, 0.3) is 5.91 Å². The normalized spacial score (nSPS) is 11.9. The van der Waals surface area contributed by atoms with Crippen molar-refractivity contribution in [1.29, 1.82) is 0 Å². The van der Waals surface area contributed by atoms with E-state index >= 15 is 0 Å². The van der Waals surface area contributed by atoms with E-state index in [1.807, 2.05) is 0 Å². The summed E-state index contributed by atoms with van der Waals surface area (Å²) < 4.78 is 0. The molecule has 0 aliphatic heterocycles. The molecule has 0 bridgehead atoms. The first-order valence-corrected chi connectivity index (χ1v) is 5.18. The number of aliphatic carboxylic acids is 1. The SMILES string of the molecule is CC[C@H](NC(=O)c1c[nH]c(C)cc1=O)C(=O)O. The number of aryl methyl sites for hydroxylation is 1. The highest BCUT2D eigenvalue weighted by atomic mass is 16.4. The molecule has 1 atom stereocenters. The molecule has 0 unspecified atom stereocenters. The van der Waals surface area contributed by atoms with Crippen molar-refractivity contribution in [3.05, 3.63) is 33.7 Å². The average Bonchev–Trinajstić information content (AvgIpc) is 2.24. The number of hydrogen-bond acceptors (Lipinski definition) is 3. The first-order chi connectivity index (χ1) is 7.95. The largest absolute Gasteiger partial charge is 0.480 e. The maximum Gasteiger partial charge on any atom is 0.326 e. The quantitative estimate of drug-likeness (QED) is 0.701. The average molecular weight is 238 g/mol. The Morgan fingerprint density at radius 1 is 1.53 bits per heavy atom. The van der Waals surface area contributed by atoms with Crippen molar-refractivity contribution >= 4 is 11.9 Å². The number of carboxylic acids is 1. The zero-order valence-electron chi connectivity index (χ0n) is 9.61. The molecule has 0 spiro atoms. The van der Waals surface area contributed by atoms with Crippen LogP contribution in [0, 0.1) is 6.92 Å². The molecule has 1 amide bonds. The van der Waals surface area contributed by atoms with Crippen LogP contribution in [0.3, 0.4) is 0 Å². The topological polar surface area (TPSA) is 99.3 Å². The van der Waals surface area contributed by atoms with Gasteiger partial charge in [-0.1, -0.05) is 6.92 Å². The van der Waals surface area contributed by atoms with E-state index in [9.17, 15) is 14.4 Å². The van der Waals surface area contributed by atoms with Crippen LogP contribution in [0.15, 0.2) is 17.1 Å². The van der Waals surface area contributed by atoms with Gasteiger partial charge in [-0.25, -0.2) is 4.79 Å². The number of carbonyl (C=O) groups excluding carboxylic acids is 1. The van der Waals surface area contributed by atoms with Crippen LogP contribution in [0.5, 0.6) is 0 Å². The Morgan fingerprint density at radius 3 is 2.65 bits per heavy atom. The summed E-state index contributed by atoms with van der Waals surface area (Å²) >= 11 is 0. The van der Waals surface area contributed by atoms with Crippen LogP contribution >= 0.6 is 0 Å². The number of hydrogen-bond donors (Lipinski definition) is 3. The van der Waals surface area contributed by atoms with Gasteiger partial charge in [0.05, 0.1) is 0 Å². The first-order valence-electron chi connectivity index (χ1n) is 5.18. The molecule has 6 nitrogen and oxygen atoms in total. The summed E-state index contributed by atoms with van der Waals surface area (Å²) in [7, 11) is 0. The standard InChI is InChI=1S/C11H14N2O4/c1-3-8(11(16)17)13-10(15)7-5-12-6(2)4-9(7)14/h4-5,8H,3H2,1-2H3,(H,12,14)(H,13,15)(H,16,17)/t8-/m0/s1. The highest BCUT2D eigenvalue weighted by Gasteiger charge is 2.19. The zero-order valence-corrected chi connectivity index (χ0v) is 9.61. The lowest BCUT2D eigenvalue weighted by molar-refractivity contribution is -0.139. The van der Waals surface area contributed by atoms with Gasteiger partial charge in [-0.05, 0) is 13.3 Å². The number of aromatic nitrogens is 1. The lowest BCUT2D eigenvalue weighted by Crippen LogP contribution is -2.41. The van der Waals surface area contributed by atoms with Gasteiger partial charge in [-0.3, -0.25) is 9.59 Å². The van der Waals surface area contributed by atoms with Crippen LogP contribution in [-0.4, -0.2) is 28.0 Å². The van der Waals surface area contributed by atoms with E-state index in [0.29, 0.717) is 5.69 Å². The molecule has 92 valence electrons. The zero-order chi connectivity index (χ0) is 13.0. The summed E-state index contributed by atoms with van der Waals surface area (Å²) in [5, 5.41) is 11.1. The highest BCUT2D eigenvalue weighted by Crippen LogP contribution is 1.96. The molecular formula is C11H14N2O4. The van der Waals surface area contributed by atoms with Gasteiger partial charge in [0.1, 0.15) is 11.6 Å². The molecule has 0 saturated heterocycles. The summed E-state index contributed by atoms with van der Waals surface area (Å²) in [5.74, 6) is -1.80. The number of H-pyrrole nitrogens is 1. The predicted molar refractivity (Wildman–Crippen MR) is 61.0 cm³/mol. The van der Waals surface area contributed by atoms with Crippen LogP contribution in [0.4, 0.5) is 0 Å². The smallest absolute Gasteiger partial charge is 0.326 e. The number of pyridine rings is 1. The highest BCUT2D eigenvalue weighted by molar-refractivity contribution is 5.96. The first kappa shape index (κ1) is 13.0. The summed E-state index contributed by atoms with van der Waals surface area (Å²) in [6.07, 6.45) is 1.53. The van der Waals surface area contributed by atoms with E-state index in [2.05, 4.69) is 10.3 Å². The summed E-state index contributed by atoms with van der Waals surface area (Å²) in [6, 6.07) is 0.305. The summed E-state index contributed by atoms with van der Waals surface area (Å²) in [5.41, 5.74) is 0.117. The number of aromatic amines is 1. The van der Waals surface area contributed by atoms with Crippen molar-refractivity contribution in [1.82, 2.24) is 10.3 Å². The molecule has 0 aromatic carbocycles. The van der Waals surface area contributed by atoms with Crippen LogP contribution in [-0.2, 0) is 4.79 Å². The van der Waals surface area contributed by atoms with Crippen molar-refractivity contribution in [2.45, 2.75) is 26.3 Å². The number of amides is 1. The molecule has 1 heterocycles. The molecule has 6 heteroatoms. The van der Waals surface area contributed by atoms with Gasteiger partial charge in [0.15, 0.2) is 5.43 Å². The van der Waals surface area contributed by atoms with Gasteiger partial charge in [0, 0.05) is 18.0 Å². The minimum absolute atomic E-state index is 0.0877. The van der Waals surface area contributed by atoms with Crippen LogP contribution in [0.25, 0.3) is 0 Å². The minimum Gasteiger partial charge on any atom is -0.480 e. The Kier molecular flexibility index (Phi) is 4.03. The molecule has 0 radical (unpaired) electrons. The monoisotopic (exact) mass is 238 g/mol. The van der Waals surface area contributed by atoms with E-state index < -0.39 is 23.3 Å². The number of carboxylic acid groups (broad SMARTS) is 1. The van der Waals surface area contributed by atoms with E-state index in [-0.39, 0.29) is 12.0 Å². The van der Waals surface area contributed by atoms with Crippen molar-refractivity contribution in [3.8, 4) is 0 Å². The molecule has 1 aromatic heterocycles. The lowest BCUT2D eigenvalue weighted by Gasteiger charge is -2.11. The Balaban J connectivity index is 2.90. The molecule has 0 saturated carbocycles. The summed E-state index contributed by atoms with van der Waals surface area (Å²) in [6.45, 7) is 3.33. The second kappa shape index (κ2) is 5.29. The number of nitrogens with one attached hydrogen (secondary N) is 2. The Bertz CT molecular complexity index is 492. The molecular weight excluding hydrogens is 224 g/mol. The van der Waals surface area contributed by atoms with Gasteiger partial charge in [0.2, 0.25) is 0 Å². The van der Waals surface area contributed by atoms with Crippen molar-refractivity contribution in [2.24, 2.45) is 0 Å². The second-order valence-electron chi connectivity index (χ2n) is 3.67. The Hall–Kier alpha value is -2.11. The second-order valence-corrected chi connectivity index (χ2v) is 3.67. The van der Waals surface area contributed by atoms with Crippen molar-refractivity contribution < 1.29 is 14.7 Å². The molecule has 3 N–H and O–H groups in total. The van der Waals surface area contributed by atoms with Crippen molar-refractivity contribution in [3.63, 3.8) is 0 Å². The fourth-order valence-electron chi connectivity index (χ4n) is 1.33. The van der Waals surface area contributed by atoms with Crippen molar-refractivity contribution in [2.75, 3.05) is 0 Å². The Morgan fingerprint density at radius 2 is 2.18 bits per heavy atom. The molecule has 0 aliphatic rings. The van der Waals surface area contributed by atoms with Crippen LogP contribution in [0.1, 0.15) is 29.4 Å². The molecule has 0 aliphatic carbocycles. The summed E-state index contributed by atoms with van der Waals surface area (Å²) in [4.78, 5) is 36.6. The Labute approximate surface area is 97.7 Å². The third-order valence-corrected chi connectivity index (χ3v) is 2.31. The van der Waals surface area contributed by atoms with Gasteiger partial charge >= 0.3 is 5.97 Å². The maximum absolute atomic E-state index is 11.7. The predicted octanol–water partition coefficient (Wildman–Crippen LogP) is 0.276. The van der Waals surface area contributed by atoms with Crippen LogP contribution < -0.4 is 10.7 Å². The number of carbonyl (C=O) groups is 2. The van der Waals surface area contributed by atoms with Crippen LogP contribution in [0.2, 0.25) is 0 Å². The van der Waals surface area contributed by atoms with E-state index in [0.717, 1.165) is 0 Å². The maximum atomic E-state index is 11.7. The van der Waals surface area contributed by atoms with E-state index in [1.165, 1.54) is 12.3 Å². The van der Waals surface area contributed by atoms with Gasteiger partial charge < -0.3 is 15.4 Å². The molecule has 1 rings (SSSR count). The molecule has 1 aromatic rings. The minimum atomic E-state index is -1.12. The third-order valence-electron chi connectivity index (χ3n) is 2.31. The lowest BCUT2D eigenvalue weighted by atomic mass is 10.2. The fourth-order valence-corrected chi connectivity index (χ4v) is 1.33. The van der Waals surface area contributed by atoms with Gasteiger partial charge in [-0.2, -0.15) is 0 Å². The van der Waals surface area contributed by atoms with Gasteiger partial charge in [-0.15, -0.1) is 0 Å². The third kappa shape index (κ3) is 3.17. The molecule has 17 heavy (non-hydrogen) atoms. The van der Waals surface area contributed by atoms with E-state index in [1.54, 1.807) is 13.8 Å². The number of rotatable bonds is 4.